The third-order valence-corrected chi connectivity index (χ3v) is 5.41. The van der Waals surface area contributed by atoms with Crippen molar-refractivity contribution in [3.05, 3.63) is 59.4 Å². The topological polar surface area (TPSA) is 71.6 Å². The monoisotopic (exact) mass is 413 g/mol. The molecule has 0 spiro atoms. The molecule has 1 saturated heterocycles. The summed E-state index contributed by atoms with van der Waals surface area (Å²) in [7, 11) is 1.53. The van der Waals surface area contributed by atoms with E-state index in [0.717, 1.165) is 13.0 Å². The van der Waals surface area contributed by atoms with Crippen molar-refractivity contribution in [2.75, 3.05) is 25.1 Å². The van der Waals surface area contributed by atoms with Crippen LogP contribution >= 0.6 is 11.6 Å². The summed E-state index contributed by atoms with van der Waals surface area (Å²) in [6, 6.07) is 13.2. The van der Waals surface area contributed by atoms with Gasteiger partial charge in [-0.3, -0.25) is 0 Å². The van der Waals surface area contributed by atoms with Crippen molar-refractivity contribution in [1.82, 2.24) is 4.98 Å². The first-order valence-corrected chi connectivity index (χ1v) is 9.68. The maximum atomic E-state index is 14.6. The maximum absolute atomic E-state index is 14.6. The number of nitrogens with zero attached hydrogens (tertiary/aromatic N) is 2. The third kappa shape index (κ3) is 3.86. The highest BCUT2D eigenvalue weighted by atomic mass is 35.5. The number of benzene rings is 2. The molecule has 1 aromatic heterocycles. The van der Waals surface area contributed by atoms with Crippen LogP contribution in [0.4, 0.5) is 10.2 Å². The molecule has 0 aliphatic carbocycles. The van der Waals surface area contributed by atoms with Crippen LogP contribution in [-0.2, 0) is 0 Å². The number of nitrogens with two attached hydrogens (primary N) is 1. The molecule has 0 bridgehead atoms. The fourth-order valence-corrected chi connectivity index (χ4v) is 3.86. The minimum atomic E-state index is -0.419. The van der Waals surface area contributed by atoms with Crippen molar-refractivity contribution in [3.8, 4) is 33.9 Å². The average molecular weight is 414 g/mol. The first-order chi connectivity index (χ1) is 14.0. The molecular formula is C22H21ClFN3O2. The molecule has 1 atom stereocenters. The second-order valence-corrected chi connectivity index (χ2v) is 7.48. The zero-order valence-corrected chi connectivity index (χ0v) is 16.7. The van der Waals surface area contributed by atoms with Crippen molar-refractivity contribution in [2.45, 2.75) is 12.5 Å². The number of phenols is 1. The molecule has 1 fully saturated rings. The van der Waals surface area contributed by atoms with Gasteiger partial charge >= 0.3 is 0 Å². The van der Waals surface area contributed by atoms with Gasteiger partial charge in [-0.05, 0) is 48.4 Å². The van der Waals surface area contributed by atoms with Gasteiger partial charge in [-0.25, -0.2) is 9.37 Å². The molecule has 5 nitrogen and oxygen atoms in total. The minimum absolute atomic E-state index is 0.0257. The van der Waals surface area contributed by atoms with Crippen LogP contribution in [0.25, 0.3) is 22.4 Å². The highest BCUT2D eigenvalue weighted by Crippen LogP contribution is 2.38. The van der Waals surface area contributed by atoms with E-state index in [-0.39, 0.29) is 11.8 Å². The Bertz CT molecular complexity index is 1040. The Morgan fingerprint density at radius 1 is 1.24 bits per heavy atom. The van der Waals surface area contributed by atoms with E-state index in [2.05, 4.69) is 4.90 Å². The summed E-state index contributed by atoms with van der Waals surface area (Å²) >= 11 is 6.31. The number of phenolic OH excluding ortho intramolecular Hbond substituents is 1. The number of hydrogen-bond donors (Lipinski definition) is 2. The smallest absolute Gasteiger partial charge is 0.132 e. The van der Waals surface area contributed by atoms with Crippen LogP contribution in [0.1, 0.15) is 6.42 Å². The summed E-state index contributed by atoms with van der Waals surface area (Å²) < 4.78 is 19.8. The number of hydrogen-bond acceptors (Lipinski definition) is 5. The lowest BCUT2D eigenvalue weighted by Gasteiger charge is -2.20. The number of ether oxygens (including phenoxy) is 1. The predicted octanol–water partition coefficient (Wildman–Crippen LogP) is 4.46. The molecule has 150 valence electrons. The third-order valence-electron chi connectivity index (χ3n) is 5.09. The van der Waals surface area contributed by atoms with Gasteiger partial charge in [0.2, 0.25) is 0 Å². The number of anilines is 1. The fraction of sp³-hybridized carbons (Fsp3) is 0.227. The first-order valence-electron chi connectivity index (χ1n) is 9.30. The Morgan fingerprint density at radius 2 is 2.07 bits per heavy atom. The van der Waals surface area contributed by atoms with E-state index in [0.29, 0.717) is 45.5 Å². The van der Waals surface area contributed by atoms with E-state index in [4.69, 9.17) is 27.1 Å². The summed E-state index contributed by atoms with van der Waals surface area (Å²) in [6.45, 7) is 1.42. The molecule has 0 amide bonds. The van der Waals surface area contributed by atoms with E-state index in [1.165, 1.54) is 19.2 Å². The zero-order valence-electron chi connectivity index (χ0n) is 15.9. The van der Waals surface area contributed by atoms with E-state index in [1.807, 2.05) is 6.07 Å². The standard InChI is InChI=1S/C22H21ClFN3O2/c1-29-15-5-6-16(20(28)11-15)19-9-13(22-17(23)3-2-4-18(22)24)10-21(26-19)27-8-7-14(25)12-27/h2-6,9-11,14,28H,7-8,12,25H2,1H3. The van der Waals surface area contributed by atoms with Crippen molar-refractivity contribution < 1.29 is 14.2 Å². The van der Waals surface area contributed by atoms with E-state index >= 15 is 0 Å². The van der Waals surface area contributed by atoms with E-state index < -0.39 is 5.82 Å². The molecule has 2 aromatic carbocycles. The zero-order chi connectivity index (χ0) is 20.5. The molecule has 7 heteroatoms. The fourth-order valence-electron chi connectivity index (χ4n) is 3.58. The second-order valence-electron chi connectivity index (χ2n) is 7.07. The Kier molecular flexibility index (Phi) is 5.30. The van der Waals surface area contributed by atoms with Crippen molar-refractivity contribution >= 4 is 17.4 Å². The lowest BCUT2D eigenvalue weighted by atomic mass is 10.0. The van der Waals surface area contributed by atoms with Crippen molar-refractivity contribution in [3.63, 3.8) is 0 Å². The molecule has 0 saturated carbocycles. The number of pyridine rings is 1. The van der Waals surface area contributed by atoms with Gasteiger partial charge < -0.3 is 20.5 Å². The van der Waals surface area contributed by atoms with Crippen LogP contribution in [0.15, 0.2) is 48.5 Å². The highest BCUT2D eigenvalue weighted by Gasteiger charge is 2.23. The molecule has 4 rings (SSSR count). The highest BCUT2D eigenvalue weighted by molar-refractivity contribution is 6.33. The number of methoxy groups -OCH3 is 1. The first kappa shape index (κ1) is 19.5. The number of aromatic nitrogens is 1. The Morgan fingerprint density at radius 3 is 2.72 bits per heavy atom. The lowest BCUT2D eigenvalue weighted by Crippen LogP contribution is -2.27. The van der Waals surface area contributed by atoms with Crippen LogP contribution in [0, 0.1) is 5.82 Å². The van der Waals surface area contributed by atoms with Crippen molar-refractivity contribution in [1.29, 1.82) is 0 Å². The Hall–Kier alpha value is -2.83. The average Bonchev–Trinajstić information content (AvgIpc) is 3.14. The number of aromatic hydroxyl groups is 1. The molecule has 3 N–H and O–H groups in total. The maximum Gasteiger partial charge on any atom is 0.132 e. The van der Waals surface area contributed by atoms with Crippen LogP contribution < -0.4 is 15.4 Å². The molecule has 2 heterocycles. The summed E-state index contributed by atoms with van der Waals surface area (Å²) in [4.78, 5) is 6.79. The van der Waals surface area contributed by atoms with Gasteiger partial charge in [-0.15, -0.1) is 0 Å². The largest absolute Gasteiger partial charge is 0.507 e. The molecule has 29 heavy (non-hydrogen) atoms. The summed E-state index contributed by atoms with van der Waals surface area (Å²) in [6.07, 6.45) is 0.857. The van der Waals surface area contributed by atoms with E-state index in [9.17, 15) is 9.50 Å². The Labute approximate surface area is 173 Å². The summed E-state index contributed by atoms with van der Waals surface area (Å²) in [5.74, 6) is 0.806. The SMILES string of the molecule is COc1ccc(-c2cc(-c3c(F)cccc3Cl)cc(N3CCC(N)C3)n2)c(O)c1. The molecule has 3 aromatic rings. The minimum Gasteiger partial charge on any atom is -0.507 e. The van der Waals surface area contributed by atoms with Gasteiger partial charge in [0.25, 0.3) is 0 Å². The van der Waals surface area contributed by atoms with Gasteiger partial charge in [0.1, 0.15) is 23.1 Å². The van der Waals surface area contributed by atoms with Crippen LogP contribution in [0.5, 0.6) is 11.5 Å². The second kappa shape index (κ2) is 7.89. The summed E-state index contributed by atoms with van der Waals surface area (Å²) in [5, 5.41) is 10.8. The molecule has 0 radical (unpaired) electrons. The lowest BCUT2D eigenvalue weighted by molar-refractivity contribution is 0.408. The quantitative estimate of drug-likeness (QED) is 0.660. The van der Waals surface area contributed by atoms with Gasteiger partial charge in [0.15, 0.2) is 0 Å². The van der Waals surface area contributed by atoms with Gasteiger partial charge in [0.05, 0.1) is 17.8 Å². The summed E-state index contributed by atoms with van der Waals surface area (Å²) in [5.41, 5.74) is 7.98. The predicted molar refractivity (Wildman–Crippen MR) is 113 cm³/mol. The number of halogens is 2. The van der Waals surface area contributed by atoms with Crippen LogP contribution in [0.3, 0.4) is 0 Å². The Balaban J connectivity index is 1.89. The van der Waals surface area contributed by atoms with Gasteiger partial charge in [-0.1, -0.05) is 17.7 Å². The van der Waals surface area contributed by atoms with Crippen LogP contribution in [-0.4, -0.2) is 36.3 Å². The molecular weight excluding hydrogens is 393 g/mol. The van der Waals surface area contributed by atoms with Gasteiger partial charge in [0, 0.05) is 36.3 Å². The van der Waals surface area contributed by atoms with Crippen molar-refractivity contribution in [2.24, 2.45) is 5.73 Å². The van der Waals surface area contributed by atoms with Crippen LogP contribution in [0.2, 0.25) is 5.02 Å². The molecule has 1 unspecified atom stereocenters. The molecule has 1 aliphatic heterocycles. The van der Waals surface area contributed by atoms with E-state index in [1.54, 1.807) is 30.3 Å². The number of rotatable bonds is 4. The normalized spacial score (nSPS) is 16.3. The molecule has 1 aliphatic rings. The van der Waals surface area contributed by atoms with Gasteiger partial charge in [-0.2, -0.15) is 0 Å².